The van der Waals surface area contributed by atoms with Crippen LogP contribution in [0.2, 0.25) is 5.15 Å². The Kier molecular flexibility index (Phi) is 11.3. The number of hydrogen-bond acceptors (Lipinski definition) is 6. The monoisotopic (exact) mass is 383 g/mol. The number of carbonyl (C=O) groups is 1. The van der Waals surface area contributed by atoms with Gasteiger partial charge in [-0.3, -0.25) is 0 Å². The van der Waals surface area contributed by atoms with Gasteiger partial charge in [0.15, 0.2) is 10.8 Å². The summed E-state index contributed by atoms with van der Waals surface area (Å²) < 4.78 is 4.84. The predicted molar refractivity (Wildman–Crippen MR) is 104 cm³/mol. The van der Waals surface area contributed by atoms with E-state index in [0.717, 1.165) is 18.9 Å². The van der Waals surface area contributed by atoms with Crippen molar-refractivity contribution >= 4 is 23.5 Å². The molecule has 1 aliphatic rings. The minimum Gasteiger partial charge on any atom is -0.444 e. The van der Waals surface area contributed by atoms with E-state index in [0.29, 0.717) is 0 Å². The number of halogens is 1. The molecule has 1 amide bonds. The largest absolute Gasteiger partial charge is 0.444 e. The Morgan fingerprint density at radius 3 is 2.27 bits per heavy atom. The second-order valence-corrected chi connectivity index (χ2v) is 6.64. The Bertz CT molecular complexity index is 590. The van der Waals surface area contributed by atoms with E-state index >= 15 is 0 Å². The Labute approximate surface area is 161 Å². The summed E-state index contributed by atoms with van der Waals surface area (Å²) >= 11 is 5.83. The molecule has 1 saturated heterocycles. The highest BCUT2D eigenvalue weighted by Crippen LogP contribution is 2.19. The zero-order chi connectivity index (χ0) is 20.2. The van der Waals surface area contributed by atoms with E-state index < -0.39 is 0 Å². The SMILES string of the molecule is CC.CNC(=O)OC(C)(C)C.N#Cc1ncc(N2CCCCC2)nc1Cl. The molecule has 0 atom stereocenters. The maximum atomic E-state index is 10.5. The summed E-state index contributed by atoms with van der Waals surface area (Å²) in [4.78, 5) is 20.8. The van der Waals surface area contributed by atoms with Gasteiger partial charge in [0.2, 0.25) is 0 Å². The van der Waals surface area contributed by atoms with Crippen LogP contribution in [0.5, 0.6) is 0 Å². The number of nitriles is 1. The standard InChI is InChI=1S/C10H11ClN4.C6H13NO2.C2H6/c11-10-8(6-12)13-7-9(14-10)15-4-2-1-3-5-15;1-6(2,3)9-5(8)7-4;1-2/h7H,1-5H2;1-4H3,(H,7,8);1-2H3. The van der Waals surface area contributed by atoms with Gasteiger partial charge in [0.25, 0.3) is 0 Å². The van der Waals surface area contributed by atoms with Gasteiger partial charge in [0, 0.05) is 20.1 Å². The lowest BCUT2D eigenvalue weighted by molar-refractivity contribution is 0.0541. The minimum absolute atomic E-state index is 0.192. The fraction of sp³-hybridized carbons (Fsp3) is 0.667. The summed E-state index contributed by atoms with van der Waals surface area (Å²) in [5.41, 5.74) is -0.197. The van der Waals surface area contributed by atoms with E-state index in [9.17, 15) is 4.79 Å². The first-order valence-electron chi connectivity index (χ1n) is 8.85. The first-order chi connectivity index (χ1) is 12.3. The molecule has 0 unspecified atom stereocenters. The van der Waals surface area contributed by atoms with Gasteiger partial charge in [0.1, 0.15) is 17.5 Å². The van der Waals surface area contributed by atoms with Gasteiger partial charge in [-0.2, -0.15) is 5.26 Å². The van der Waals surface area contributed by atoms with Crippen LogP contribution in [0.15, 0.2) is 6.20 Å². The van der Waals surface area contributed by atoms with Crippen LogP contribution in [0, 0.1) is 11.3 Å². The Morgan fingerprint density at radius 1 is 1.31 bits per heavy atom. The van der Waals surface area contributed by atoms with Gasteiger partial charge in [-0.1, -0.05) is 25.4 Å². The number of nitrogens with zero attached hydrogens (tertiary/aromatic N) is 4. The number of ether oxygens (including phenoxy) is 1. The van der Waals surface area contributed by atoms with Gasteiger partial charge < -0.3 is 15.0 Å². The summed E-state index contributed by atoms with van der Waals surface area (Å²) in [7, 11) is 1.54. The molecule has 8 heteroatoms. The van der Waals surface area contributed by atoms with E-state index in [1.807, 2.05) is 40.7 Å². The molecule has 146 valence electrons. The molecule has 0 radical (unpaired) electrons. The molecule has 0 bridgehead atoms. The lowest BCUT2D eigenvalue weighted by Gasteiger charge is -2.27. The van der Waals surface area contributed by atoms with Crippen molar-refractivity contribution in [2.24, 2.45) is 0 Å². The van der Waals surface area contributed by atoms with Crippen LogP contribution in [0.3, 0.4) is 0 Å². The van der Waals surface area contributed by atoms with Crippen molar-refractivity contribution in [3.63, 3.8) is 0 Å². The maximum Gasteiger partial charge on any atom is 0.407 e. The molecular weight excluding hydrogens is 354 g/mol. The van der Waals surface area contributed by atoms with E-state index in [2.05, 4.69) is 20.2 Å². The number of alkyl carbamates (subject to hydrolysis) is 1. The van der Waals surface area contributed by atoms with Crippen molar-refractivity contribution in [1.82, 2.24) is 15.3 Å². The summed E-state index contributed by atoms with van der Waals surface area (Å²) in [6.07, 6.45) is 4.87. The van der Waals surface area contributed by atoms with E-state index in [-0.39, 0.29) is 22.5 Å². The fourth-order valence-corrected chi connectivity index (χ4v) is 2.22. The van der Waals surface area contributed by atoms with Gasteiger partial charge >= 0.3 is 6.09 Å². The Balaban J connectivity index is 0.000000492. The molecule has 2 rings (SSSR count). The number of hydrogen-bond donors (Lipinski definition) is 1. The number of amides is 1. The molecule has 1 aromatic heterocycles. The van der Waals surface area contributed by atoms with Gasteiger partial charge in [0.05, 0.1) is 6.20 Å². The molecule has 2 heterocycles. The number of carbonyl (C=O) groups excluding carboxylic acids is 1. The average Bonchev–Trinajstić information content (AvgIpc) is 2.63. The van der Waals surface area contributed by atoms with Crippen molar-refractivity contribution in [3.8, 4) is 6.07 Å². The van der Waals surface area contributed by atoms with E-state index in [1.165, 1.54) is 26.3 Å². The molecule has 1 N–H and O–H groups in total. The van der Waals surface area contributed by atoms with Crippen LogP contribution in [0.25, 0.3) is 0 Å². The first kappa shape index (κ1) is 23.9. The van der Waals surface area contributed by atoms with Crippen molar-refractivity contribution in [2.75, 3.05) is 25.0 Å². The van der Waals surface area contributed by atoms with Crippen molar-refractivity contribution in [2.45, 2.75) is 59.5 Å². The van der Waals surface area contributed by atoms with Gasteiger partial charge in [-0.15, -0.1) is 0 Å². The molecule has 26 heavy (non-hydrogen) atoms. The minimum atomic E-state index is -0.389. The summed E-state index contributed by atoms with van der Waals surface area (Å²) in [6.45, 7) is 11.5. The quantitative estimate of drug-likeness (QED) is 0.782. The van der Waals surface area contributed by atoms with Crippen LogP contribution in [-0.4, -0.2) is 41.8 Å². The zero-order valence-corrected chi connectivity index (χ0v) is 17.4. The molecular formula is C18H30ClN5O2. The zero-order valence-electron chi connectivity index (χ0n) is 16.6. The highest BCUT2D eigenvalue weighted by atomic mass is 35.5. The topological polar surface area (TPSA) is 91.1 Å². The van der Waals surface area contributed by atoms with Crippen molar-refractivity contribution in [3.05, 3.63) is 17.0 Å². The second-order valence-electron chi connectivity index (χ2n) is 6.28. The summed E-state index contributed by atoms with van der Waals surface area (Å²) in [5.74, 6) is 0.777. The molecule has 1 aromatic rings. The first-order valence-corrected chi connectivity index (χ1v) is 9.23. The molecule has 7 nitrogen and oxygen atoms in total. The number of anilines is 1. The maximum absolute atomic E-state index is 10.5. The van der Waals surface area contributed by atoms with Gasteiger partial charge in [-0.25, -0.2) is 14.8 Å². The highest BCUT2D eigenvalue weighted by molar-refractivity contribution is 6.30. The molecule has 0 spiro atoms. The molecule has 0 aromatic carbocycles. The van der Waals surface area contributed by atoms with E-state index in [1.54, 1.807) is 6.20 Å². The normalized spacial score (nSPS) is 13.2. The smallest absolute Gasteiger partial charge is 0.407 e. The third-order valence-electron chi connectivity index (χ3n) is 3.11. The molecule has 0 aliphatic carbocycles. The predicted octanol–water partition coefficient (Wildman–Crippen LogP) is 4.16. The molecule has 1 fully saturated rings. The summed E-state index contributed by atoms with van der Waals surface area (Å²) in [6, 6.07) is 1.90. The lowest BCUT2D eigenvalue weighted by Crippen LogP contribution is -2.30. The second kappa shape index (κ2) is 12.3. The van der Waals surface area contributed by atoms with Crippen LogP contribution in [0.1, 0.15) is 59.6 Å². The highest BCUT2D eigenvalue weighted by Gasteiger charge is 2.14. The van der Waals surface area contributed by atoms with Crippen molar-refractivity contribution < 1.29 is 9.53 Å². The van der Waals surface area contributed by atoms with Crippen LogP contribution in [0.4, 0.5) is 10.6 Å². The Hall–Kier alpha value is -2.07. The number of aromatic nitrogens is 2. The summed E-state index contributed by atoms with van der Waals surface area (Å²) in [5, 5.41) is 11.2. The van der Waals surface area contributed by atoms with Crippen LogP contribution < -0.4 is 10.2 Å². The van der Waals surface area contributed by atoms with Crippen LogP contribution in [-0.2, 0) is 4.74 Å². The fourth-order valence-electron chi connectivity index (χ4n) is 2.04. The van der Waals surface area contributed by atoms with E-state index in [4.69, 9.17) is 21.6 Å². The van der Waals surface area contributed by atoms with Crippen LogP contribution >= 0.6 is 11.6 Å². The number of rotatable bonds is 1. The average molecular weight is 384 g/mol. The lowest BCUT2D eigenvalue weighted by atomic mass is 10.1. The molecule has 0 saturated carbocycles. The van der Waals surface area contributed by atoms with Gasteiger partial charge in [-0.05, 0) is 40.0 Å². The third kappa shape index (κ3) is 9.42. The third-order valence-corrected chi connectivity index (χ3v) is 3.37. The van der Waals surface area contributed by atoms with Crippen molar-refractivity contribution in [1.29, 1.82) is 5.26 Å². The Morgan fingerprint density at radius 2 is 1.88 bits per heavy atom. The number of nitrogens with one attached hydrogen (secondary N) is 1. The number of piperidine rings is 1. The molecule has 1 aliphatic heterocycles.